The Morgan fingerprint density at radius 3 is 2.46 bits per heavy atom. The lowest BCUT2D eigenvalue weighted by atomic mass is 9.66. The lowest BCUT2D eigenvalue weighted by Gasteiger charge is -2.39. The molecule has 7 nitrogen and oxygen atoms in total. The Bertz CT molecular complexity index is 850. The molecule has 3 amide bonds. The third kappa shape index (κ3) is 4.57. The van der Waals surface area contributed by atoms with E-state index < -0.39 is 27.4 Å². The van der Waals surface area contributed by atoms with Crippen LogP contribution in [0, 0.1) is 11.8 Å². The number of aliphatic hydroxyl groups is 1. The molecule has 0 aliphatic carbocycles. The van der Waals surface area contributed by atoms with Gasteiger partial charge in [0.1, 0.15) is 6.04 Å². The standard InChI is InChI=1S/C27H43N3O4S/c1-7-11-19(5)29(16-10-4)25(34)22-27-13-12-26(6,35-27)20(21(27)24(33)30(22)17-18-31)23(32)28(14-8-2)15-9-3/h8,10,19-22,31H,2,4,7,9,11-18H2,1,3,5-6H3/t19?,20-,21+,22?,26+,27?/m1/s1. The number of β-amino-alcohol motifs (C(OH)–C–C–N with tert-alkyl or cyclic N) is 1. The van der Waals surface area contributed by atoms with Crippen molar-refractivity contribution in [2.45, 2.75) is 81.4 Å². The van der Waals surface area contributed by atoms with Crippen LogP contribution in [0.2, 0.25) is 0 Å². The maximum Gasteiger partial charge on any atom is 0.247 e. The van der Waals surface area contributed by atoms with Crippen LogP contribution in [0.1, 0.15) is 59.8 Å². The van der Waals surface area contributed by atoms with Crippen LogP contribution in [0.4, 0.5) is 0 Å². The van der Waals surface area contributed by atoms with Gasteiger partial charge in [-0.15, -0.1) is 24.9 Å². The number of likely N-dealkylation sites (tertiary alicyclic amines) is 1. The lowest BCUT2D eigenvalue weighted by molar-refractivity contribution is -0.146. The van der Waals surface area contributed by atoms with Crippen molar-refractivity contribution in [2.75, 3.05) is 32.8 Å². The predicted octanol–water partition coefficient (Wildman–Crippen LogP) is 3.09. The summed E-state index contributed by atoms with van der Waals surface area (Å²) in [5, 5.41) is 9.84. The number of hydrogen-bond donors (Lipinski definition) is 1. The van der Waals surface area contributed by atoms with E-state index in [9.17, 15) is 19.5 Å². The van der Waals surface area contributed by atoms with E-state index in [1.165, 1.54) is 0 Å². The van der Waals surface area contributed by atoms with Crippen molar-refractivity contribution in [1.29, 1.82) is 0 Å². The fourth-order valence-corrected chi connectivity index (χ4v) is 9.04. The van der Waals surface area contributed by atoms with E-state index in [1.54, 1.807) is 28.8 Å². The van der Waals surface area contributed by atoms with Gasteiger partial charge in [0, 0.05) is 37.0 Å². The van der Waals surface area contributed by atoms with Gasteiger partial charge in [0.05, 0.1) is 23.2 Å². The normalized spacial score (nSPS) is 31.9. The van der Waals surface area contributed by atoms with Gasteiger partial charge in [-0.05, 0) is 39.5 Å². The molecule has 6 atom stereocenters. The van der Waals surface area contributed by atoms with Crippen LogP contribution in [0.25, 0.3) is 0 Å². The number of carbonyl (C=O) groups excluding carboxylic acids is 3. The number of carbonyl (C=O) groups is 3. The molecular formula is C27H43N3O4S. The highest BCUT2D eigenvalue weighted by Crippen LogP contribution is 2.71. The monoisotopic (exact) mass is 505 g/mol. The minimum Gasteiger partial charge on any atom is -0.395 e. The van der Waals surface area contributed by atoms with E-state index >= 15 is 0 Å². The van der Waals surface area contributed by atoms with Crippen LogP contribution in [0.15, 0.2) is 25.3 Å². The van der Waals surface area contributed by atoms with Gasteiger partial charge in [0.2, 0.25) is 17.7 Å². The Labute approximate surface area is 215 Å². The Morgan fingerprint density at radius 2 is 1.89 bits per heavy atom. The number of amides is 3. The minimum atomic E-state index is -0.685. The smallest absolute Gasteiger partial charge is 0.247 e. The first-order valence-corrected chi connectivity index (χ1v) is 13.9. The van der Waals surface area contributed by atoms with Gasteiger partial charge in [0.15, 0.2) is 0 Å². The minimum absolute atomic E-state index is 0.0104. The van der Waals surface area contributed by atoms with Crippen molar-refractivity contribution in [3.05, 3.63) is 25.3 Å². The fraction of sp³-hybridized carbons (Fsp3) is 0.741. The molecule has 1 N–H and O–H groups in total. The predicted molar refractivity (Wildman–Crippen MR) is 141 cm³/mol. The molecule has 3 unspecified atom stereocenters. The van der Waals surface area contributed by atoms with E-state index in [1.807, 2.05) is 23.6 Å². The Kier molecular flexibility index (Phi) is 8.79. The average molecular weight is 506 g/mol. The summed E-state index contributed by atoms with van der Waals surface area (Å²) < 4.78 is -1.05. The molecule has 0 saturated carbocycles. The maximum atomic E-state index is 14.2. The average Bonchev–Trinajstić information content (AvgIpc) is 3.38. The van der Waals surface area contributed by atoms with Crippen molar-refractivity contribution in [2.24, 2.45) is 11.8 Å². The molecule has 3 saturated heterocycles. The molecule has 0 radical (unpaired) electrons. The zero-order chi connectivity index (χ0) is 26.0. The van der Waals surface area contributed by atoms with Gasteiger partial charge in [-0.1, -0.05) is 32.4 Å². The van der Waals surface area contributed by atoms with Gasteiger partial charge < -0.3 is 19.8 Å². The van der Waals surface area contributed by atoms with Gasteiger partial charge in [-0.2, -0.15) is 0 Å². The molecule has 3 heterocycles. The van der Waals surface area contributed by atoms with Crippen LogP contribution in [-0.4, -0.2) is 91.9 Å². The molecule has 3 aliphatic heterocycles. The lowest BCUT2D eigenvalue weighted by Crippen LogP contribution is -2.57. The first kappa shape index (κ1) is 27.8. The molecule has 8 heteroatoms. The second-order valence-electron chi connectivity index (χ2n) is 10.5. The largest absolute Gasteiger partial charge is 0.395 e. The van der Waals surface area contributed by atoms with E-state index in [-0.39, 0.29) is 36.9 Å². The second kappa shape index (κ2) is 11.1. The van der Waals surface area contributed by atoms with E-state index in [4.69, 9.17) is 0 Å². The first-order valence-electron chi connectivity index (χ1n) is 13.1. The summed E-state index contributed by atoms with van der Waals surface area (Å²) in [5.41, 5.74) is 0. The SMILES string of the molecule is C=CCN(CCC)C(=O)[C@H]1[C@H]2C(=O)N(CCO)C(C(=O)N(CC=C)C(C)CCC)C23CC[C@]1(C)S3. The van der Waals surface area contributed by atoms with Crippen LogP contribution in [0.5, 0.6) is 0 Å². The Morgan fingerprint density at radius 1 is 1.20 bits per heavy atom. The fourth-order valence-electron chi connectivity index (χ4n) is 6.70. The number of aliphatic hydroxyl groups excluding tert-OH is 1. The van der Waals surface area contributed by atoms with E-state index in [2.05, 4.69) is 27.0 Å². The van der Waals surface area contributed by atoms with Crippen LogP contribution in [0.3, 0.4) is 0 Å². The summed E-state index contributed by atoms with van der Waals surface area (Å²) in [4.78, 5) is 47.3. The zero-order valence-corrected chi connectivity index (χ0v) is 22.7. The highest BCUT2D eigenvalue weighted by Gasteiger charge is 2.77. The summed E-state index contributed by atoms with van der Waals surface area (Å²) in [5.74, 6) is -1.31. The Balaban J connectivity index is 2.06. The summed E-state index contributed by atoms with van der Waals surface area (Å²) in [6.07, 6.45) is 7.59. The number of fused-ring (bicyclic) bond motifs is 1. The zero-order valence-electron chi connectivity index (χ0n) is 21.9. The van der Waals surface area contributed by atoms with E-state index in [0.29, 0.717) is 26.1 Å². The molecule has 0 aromatic carbocycles. The quantitative estimate of drug-likeness (QED) is 0.389. The van der Waals surface area contributed by atoms with Crippen molar-refractivity contribution in [1.82, 2.24) is 14.7 Å². The molecule has 2 bridgehead atoms. The van der Waals surface area contributed by atoms with Crippen molar-refractivity contribution >= 4 is 29.5 Å². The molecule has 35 heavy (non-hydrogen) atoms. The third-order valence-electron chi connectivity index (χ3n) is 8.12. The molecule has 0 aromatic rings. The van der Waals surface area contributed by atoms with Crippen LogP contribution < -0.4 is 0 Å². The number of nitrogens with zero attached hydrogens (tertiary/aromatic N) is 3. The molecule has 3 fully saturated rings. The number of rotatable bonds is 13. The summed E-state index contributed by atoms with van der Waals surface area (Å²) >= 11 is 1.68. The summed E-state index contributed by atoms with van der Waals surface area (Å²) in [7, 11) is 0. The summed E-state index contributed by atoms with van der Waals surface area (Å²) in [6, 6.07) is -0.675. The molecule has 3 aliphatic rings. The van der Waals surface area contributed by atoms with Crippen molar-refractivity contribution in [3.63, 3.8) is 0 Å². The molecular weight excluding hydrogens is 462 g/mol. The first-order chi connectivity index (χ1) is 16.7. The van der Waals surface area contributed by atoms with Crippen molar-refractivity contribution < 1.29 is 19.5 Å². The topological polar surface area (TPSA) is 81.2 Å². The Hall–Kier alpha value is -1.80. The number of thioether (sulfide) groups is 1. The van der Waals surface area contributed by atoms with Gasteiger partial charge in [0.25, 0.3) is 0 Å². The molecule has 3 rings (SSSR count). The molecule has 0 aromatic heterocycles. The molecule has 196 valence electrons. The van der Waals surface area contributed by atoms with Gasteiger partial charge in [-0.3, -0.25) is 14.4 Å². The van der Waals surface area contributed by atoms with Gasteiger partial charge in [-0.25, -0.2) is 0 Å². The van der Waals surface area contributed by atoms with Crippen LogP contribution >= 0.6 is 11.8 Å². The van der Waals surface area contributed by atoms with Gasteiger partial charge >= 0.3 is 0 Å². The molecule has 1 spiro atoms. The number of hydrogen-bond acceptors (Lipinski definition) is 5. The highest BCUT2D eigenvalue weighted by atomic mass is 32.2. The second-order valence-corrected chi connectivity index (χ2v) is 12.4. The van der Waals surface area contributed by atoms with E-state index in [0.717, 1.165) is 25.7 Å². The highest BCUT2D eigenvalue weighted by molar-refractivity contribution is 8.02. The van der Waals surface area contributed by atoms with Crippen molar-refractivity contribution in [3.8, 4) is 0 Å². The third-order valence-corrected chi connectivity index (χ3v) is 10.1. The summed E-state index contributed by atoms with van der Waals surface area (Å²) in [6.45, 7) is 17.3. The van der Waals surface area contributed by atoms with Crippen LogP contribution in [-0.2, 0) is 14.4 Å². The maximum absolute atomic E-state index is 14.2.